The Balaban J connectivity index is 1.69. The molecule has 0 amide bonds. The molecule has 2 heterocycles. The Morgan fingerprint density at radius 1 is 1.09 bits per heavy atom. The fourth-order valence-corrected chi connectivity index (χ4v) is 3.44. The maximum Gasteiger partial charge on any atom is 0.337 e. The van der Waals surface area contributed by atoms with Crippen LogP contribution < -0.4 is 10.1 Å². The van der Waals surface area contributed by atoms with Crippen LogP contribution in [0.2, 0.25) is 0 Å². The van der Waals surface area contributed by atoms with Crippen molar-refractivity contribution in [2.24, 2.45) is 0 Å². The molecule has 0 saturated carbocycles. The smallest absolute Gasteiger partial charge is 0.337 e. The number of aryl methyl sites for hydroxylation is 1. The second-order valence-electron chi connectivity index (χ2n) is 7.37. The number of nitrogens with zero attached hydrogens (tertiary/aromatic N) is 2. The van der Waals surface area contributed by atoms with Gasteiger partial charge in [0.25, 0.3) is 0 Å². The number of pyridine rings is 2. The summed E-state index contributed by atoms with van der Waals surface area (Å²) >= 11 is 0. The fourth-order valence-electron chi connectivity index (χ4n) is 3.44. The number of hydrogen-bond acceptors (Lipinski definition) is 6. The number of carbonyl (C=O) groups is 1. The first-order chi connectivity index (χ1) is 15.5. The summed E-state index contributed by atoms with van der Waals surface area (Å²) in [5.74, 6) is 0.506. The molecule has 1 atom stereocenters. The van der Waals surface area contributed by atoms with Crippen LogP contribution in [0.3, 0.4) is 0 Å². The number of rotatable bonds is 6. The molecule has 4 rings (SSSR count). The molecule has 6 nitrogen and oxygen atoms in total. The number of ether oxygens (including phenoxy) is 2. The van der Waals surface area contributed by atoms with E-state index in [-0.39, 0.29) is 17.8 Å². The van der Waals surface area contributed by atoms with E-state index in [4.69, 9.17) is 9.47 Å². The van der Waals surface area contributed by atoms with E-state index >= 15 is 0 Å². The maximum absolute atomic E-state index is 13.6. The van der Waals surface area contributed by atoms with Gasteiger partial charge in [-0.05, 0) is 60.7 Å². The third-order valence-electron chi connectivity index (χ3n) is 5.16. The predicted octanol–water partition coefficient (Wildman–Crippen LogP) is 5.83. The normalized spacial score (nSPS) is 11.8. The van der Waals surface area contributed by atoms with Crippen LogP contribution in [0.5, 0.6) is 11.6 Å². The Hall–Kier alpha value is -4.00. The molecule has 0 radical (unpaired) electrons. The number of carbonyl (C=O) groups excluding carboxylic acids is 1. The molecule has 2 aromatic heterocycles. The quantitative estimate of drug-likeness (QED) is 0.387. The van der Waals surface area contributed by atoms with Gasteiger partial charge in [0.2, 0.25) is 5.88 Å². The summed E-state index contributed by atoms with van der Waals surface area (Å²) in [6.45, 7) is 3.95. The molecule has 0 aliphatic rings. The highest BCUT2D eigenvalue weighted by Gasteiger charge is 2.16. The third-order valence-corrected chi connectivity index (χ3v) is 5.16. The first kappa shape index (κ1) is 21.2. The molecule has 4 aromatic rings. The van der Waals surface area contributed by atoms with Crippen LogP contribution in [0, 0.1) is 12.7 Å². The van der Waals surface area contributed by atoms with E-state index in [2.05, 4.69) is 15.3 Å². The van der Waals surface area contributed by atoms with Crippen LogP contribution in [0.1, 0.15) is 34.5 Å². The average Bonchev–Trinajstić information content (AvgIpc) is 2.80. The fraction of sp³-hybridized carbons (Fsp3) is 0.160. The number of halogens is 1. The van der Waals surface area contributed by atoms with Crippen LogP contribution in [0.15, 0.2) is 67.0 Å². The second-order valence-corrected chi connectivity index (χ2v) is 7.37. The van der Waals surface area contributed by atoms with Crippen molar-refractivity contribution in [3.63, 3.8) is 0 Å². The lowest BCUT2D eigenvalue weighted by Gasteiger charge is -2.18. The molecule has 0 aliphatic carbocycles. The van der Waals surface area contributed by atoms with Gasteiger partial charge in [0.1, 0.15) is 17.4 Å². The number of esters is 1. The van der Waals surface area contributed by atoms with Crippen molar-refractivity contribution in [1.29, 1.82) is 0 Å². The molecular weight excluding hydrogens is 409 g/mol. The number of anilines is 1. The zero-order valence-corrected chi connectivity index (χ0v) is 17.9. The topological polar surface area (TPSA) is 73.3 Å². The number of nitrogens with one attached hydrogen (secondary N) is 1. The second kappa shape index (κ2) is 9.01. The van der Waals surface area contributed by atoms with Crippen LogP contribution >= 0.6 is 0 Å². The average molecular weight is 431 g/mol. The SMILES string of the molecule is COC(=O)c1ccc([C@H](C)Nc2nccc3c(C)cnc(Oc4cccc(F)c4)c23)cc1. The molecule has 0 fully saturated rings. The van der Waals surface area contributed by atoms with Gasteiger partial charge < -0.3 is 14.8 Å². The predicted molar refractivity (Wildman–Crippen MR) is 121 cm³/mol. The van der Waals surface area contributed by atoms with Gasteiger partial charge in [0.05, 0.1) is 18.1 Å². The molecule has 0 spiro atoms. The van der Waals surface area contributed by atoms with Crippen molar-refractivity contribution < 1.29 is 18.7 Å². The van der Waals surface area contributed by atoms with E-state index in [0.717, 1.165) is 16.5 Å². The highest BCUT2D eigenvalue weighted by molar-refractivity contribution is 5.97. The van der Waals surface area contributed by atoms with E-state index in [9.17, 15) is 9.18 Å². The van der Waals surface area contributed by atoms with Gasteiger partial charge in [-0.15, -0.1) is 0 Å². The summed E-state index contributed by atoms with van der Waals surface area (Å²) in [4.78, 5) is 20.6. The highest BCUT2D eigenvalue weighted by atomic mass is 19.1. The lowest BCUT2D eigenvalue weighted by Crippen LogP contribution is -2.10. The van der Waals surface area contributed by atoms with Gasteiger partial charge in [0, 0.05) is 24.5 Å². The van der Waals surface area contributed by atoms with Crippen LogP contribution in [-0.2, 0) is 4.74 Å². The van der Waals surface area contributed by atoms with Crippen molar-refractivity contribution >= 4 is 22.6 Å². The lowest BCUT2D eigenvalue weighted by atomic mass is 10.1. The summed E-state index contributed by atoms with van der Waals surface area (Å²) in [6.07, 6.45) is 3.44. The summed E-state index contributed by atoms with van der Waals surface area (Å²) in [7, 11) is 1.35. The van der Waals surface area contributed by atoms with Crippen molar-refractivity contribution in [3.8, 4) is 11.6 Å². The highest BCUT2D eigenvalue weighted by Crippen LogP contribution is 2.35. The third kappa shape index (κ3) is 4.37. The minimum absolute atomic E-state index is 0.123. The molecule has 1 N–H and O–H groups in total. The van der Waals surface area contributed by atoms with Gasteiger partial charge >= 0.3 is 5.97 Å². The lowest BCUT2D eigenvalue weighted by molar-refractivity contribution is 0.0600. The van der Waals surface area contributed by atoms with Gasteiger partial charge in [-0.25, -0.2) is 19.2 Å². The van der Waals surface area contributed by atoms with Gasteiger partial charge in [-0.3, -0.25) is 0 Å². The Kier molecular flexibility index (Phi) is 5.98. The van der Waals surface area contributed by atoms with E-state index in [1.165, 1.54) is 19.2 Å². The molecule has 7 heteroatoms. The first-order valence-corrected chi connectivity index (χ1v) is 10.1. The van der Waals surface area contributed by atoms with Crippen molar-refractivity contribution in [2.75, 3.05) is 12.4 Å². The largest absolute Gasteiger partial charge is 0.465 e. The zero-order valence-electron chi connectivity index (χ0n) is 17.9. The van der Waals surface area contributed by atoms with E-state index in [1.807, 2.05) is 32.0 Å². The molecule has 0 unspecified atom stereocenters. The van der Waals surface area contributed by atoms with E-state index in [0.29, 0.717) is 28.4 Å². The summed E-state index contributed by atoms with van der Waals surface area (Å²) in [5, 5.41) is 5.04. The molecular formula is C25H22FN3O3. The molecule has 0 bridgehead atoms. The van der Waals surface area contributed by atoms with E-state index < -0.39 is 0 Å². The van der Waals surface area contributed by atoms with Gasteiger partial charge in [0.15, 0.2) is 0 Å². The number of aromatic nitrogens is 2. The van der Waals surface area contributed by atoms with Crippen molar-refractivity contribution in [3.05, 3.63) is 89.5 Å². The van der Waals surface area contributed by atoms with Crippen LogP contribution in [0.25, 0.3) is 10.8 Å². The molecule has 32 heavy (non-hydrogen) atoms. The Bertz CT molecular complexity index is 1280. The zero-order chi connectivity index (χ0) is 22.7. The minimum atomic E-state index is -0.389. The number of benzene rings is 2. The maximum atomic E-state index is 13.6. The Morgan fingerprint density at radius 3 is 2.59 bits per heavy atom. The molecule has 2 aromatic carbocycles. The van der Waals surface area contributed by atoms with Crippen molar-refractivity contribution in [2.45, 2.75) is 19.9 Å². The summed E-state index contributed by atoms with van der Waals surface area (Å²) in [6, 6.07) is 14.9. The standard InChI is InChI=1S/C25H22FN3O3/c1-15-14-28-24(32-20-6-4-5-19(26)13-20)22-21(15)11-12-27-23(22)29-16(2)17-7-9-18(10-8-17)25(30)31-3/h4-14,16H,1-3H3,(H,27,29)/t16-/m0/s1. The van der Waals surface area contributed by atoms with Crippen LogP contribution in [0.4, 0.5) is 10.2 Å². The number of fused-ring (bicyclic) bond motifs is 1. The number of hydrogen-bond donors (Lipinski definition) is 1. The minimum Gasteiger partial charge on any atom is -0.465 e. The van der Waals surface area contributed by atoms with Gasteiger partial charge in [-0.2, -0.15) is 0 Å². The summed E-state index contributed by atoms with van der Waals surface area (Å²) < 4.78 is 24.3. The molecule has 162 valence electrons. The summed E-state index contributed by atoms with van der Waals surface area (Å²) in [5.41, 5.74) is 2.41. The monoisotopic (exact) mass is 431 g/mol. The van der Waals surface area contributed by atoms with Crippen molar-refractivity contribution in [1.82, 2.24) is 9.97 Å². The Labute approximate surface area is 185 Å². The Morgan fingerprint density at radius 2 is 1.88 bits per heavy atom. The van der Waals surface area contributed by atoms with Gasteiger partial charge in [-0.1, -0.05) is 18.2 Å². The molecule has 0 aliphatic heterocycles. The first-order valence-electron chi connectivity index (χ1n) is 10.1. The number of methoxy groups -OCH3 is 1. The van der Waals surface area contributed by atoms with E-state index in [1.54, 1.807) is 36.7 Å². The molecule has 0 saturated heterocycles. The van der Waals surface area contributed by atoms with Crippen LogP contribution in [-0.4, -0.2) is 23.0 Å².